The molecule has 0 amide bonds. The van der Waals surface area contributed by atoms with Crippen LogP contribution in [0.4, 0.5) is 17.6 Å². The number of imidazole rings is 1. The minimum absolute atomic E-state index is 0. The molecule has 29 heavy (non-hydrogen) atoms. The predicted octanol–water partition coefficient (Wildman–Crippen LogP) is 3.78. The van der Waals surface area contributed by atoms with Crippen molar-refractivity contribution >= 4 is 0 Å². The number of hydrogen-bond acceptors (Lipinski definition) is 4. The van der Waals surface area contributed by atoms with Gasteiger partial charge in [-0.2, -0.15) is 0 Å². The van der Waals surface area contributed by atoms with Gasteiger partial charge in [0.15, 0.2) is 0 Å². The van der Waals surface area contributed by atoms with E-state index in [4.69, 9.17) is 0 Å². The van der Waals surface area contributed by atoms with Gasteiger partial charge in [-0.1, -0.05) is 35.4 Å². The topological polar surface area (TPSA) is 56.5 Å². The Labute approximate surface area is 177 Å². The number of rotatable bonds is 2. The van der Waals surface area contributed by atoms with E-state index in [-0.39, 0.29) is 32.2 Å². The van der Waals surface area contributed by atoms with Crippen LogP contribution in [0.5, 0.6) is 0 Å². The van der Waals surface area contributed by atoms with Gasteiger partial charge < -0.3 is 9.55 Å². The molecule has 0 aromatic carbocycles. The van der Waals surface area contributed by atoms with Crippen molar-refractivity contribution in [1.29, 1.82) is 0 Å². The zero-order valence-corrected chi connectivity index (χ0v) is 17.0. The third-order valence-corrected chi connectivity index (χ3v) is 3.46. The molecule has 0 unspecified atom stereocenters. The summed E-state index contributed by atoms with van der Waals surface area (Å²) in [4.78, 5) is 13.9. The SMILES string of the molecule is Cn1ccnc1-c1[c-]cc(F)nc1F.Fc1c[c-]c(-c2ccccn2)c(F)n1.[Pt+2]. The number of aromatic nitrogens is 5. The molecule has 4 aromatic heterocycles. The van der Waals surface area contributed by atoms with Crippen LogP contribution >= 0.6 is 0 Å². The molecular formula is C19H11F4N5Pt. The van der Waals surface area contributed by atoms with Gasteiger partial charge in [-0.3, -0.25) is 15.0 Å². The van der Waals surface area contributed by atoms with Crippen molar-refractivity contribution < 1.29 is 38.6 Å². The summed E-state index contributed by atoms with van der Waals surface area (Å²) in [5.74, 6) is -3.21. The van der Waals surface area contributed by atoms with Gasteiger partial charge in [0.2, 0.25) is 0 Å². The fourth-order valence-corrected chi connectivity index (χ4v) is 2.20. The minimum Gasteiger partial charge on any atom is -0.373 e. The average molecular weight is 580 g/mol. The summed E-state index contributed by atoms with van der Waals surface area (Å²) in [6.45, 7) is 0. The summed E-state index contributed by atoms with van der Waals surface area (Å²) in [5.41, 5.74) is 0.531. The number of halogens is 4. The van der Waals surface area contributed by atoms with Crippen LogP contribution in [0.25, 0.3) is 22.6 Å². The molecule has 150 valence electrons. The Morgan fingerprint density at radius 3 is 1.93 bits per heavy atom. The monoisotopic (exact) mass is 580 g/mol. The van der Waals surface area contributed by atoms with E-state index in [0.717, 1.165) is 12.1 Å². The molecule has 4 rings (SSSR count). The molecule has 0 radical (unpaired) electrons. The maximum Gasteiger partial charge on any atom is 2.00 e. The molecule has 0 atom stereocenters. The third kappa shape index (κ3) is 5.54. The van der Waals surface area contributed by atoms with Crippen LogP contribution in [0.3, 0.4) is 0 Å². The largest absolute Gasteiger partial charge is 2.00 e. The second-order valence-electron chi connectivity index (χ2n) is 5.35. The van der Waals surface area contributed by atoms with E-state index in [1.807, 2.05) is 0 Å². The van der Waals surface area contributed by atoms with Crippen molar-refractivity contribution in [3.63, 3.8) is 0 Å². The first-order valence-electron chi connectivity index (χ1n) is 7.82. The fraction of sp³-hybridized carbons (Fsp3) is 0.0526. The van der Waals surface area contributed by atoms with Crippen LogP contribution in [0.1, 0.15) is 0 Å². The first kappa shape index (κ1) is 22.4. The Morgan fingerprint density at radius 2 is 1.45 bits per heavy atom. The average Bonchev–Trinajstić information content (AvgIpc) is 3.09. The maximum absolute atomic E-state index is 13.2. The van der Waals surface area contributed by atoms with Crippen LogP contribution in [-0.2, 0) is 28.1 Å². The van der Waals surface area contributed by atoms with Gasteiger partial charge >= 0.3 is 21.1 Å². The summed E-state index contributed by atoms with van der Waals surface area (Å²) in [6.07, 6.45) is 4.70. The minimum atomic E-state index is -0.903. The summed E-state index contributed by atoms with van der Waals surface area (Å²) < 4.78 is 52.8. The molecule has 0 saturated heterocycles. The van der Waals surface area contributed by atoms with E-state index in [0.29, 0.717) is 11.5 Å². The molecule has 4 aromatic rings. The summed E-state index contributed by atoms with van der Waals surface area (Å²) >= 11 is 0. The molecule has 0 N–H and O–H groups in total. The van der Waals surface area contributed by atoms with Crippen molar-refractivity contribution in [2.75, 3.05) is 0 Å². The van der Waals surface area contributed by atoms with E-state index in [9.17, 15) is 17.6 Å². The Morgan fingerprint density at radius 1 is 0.828 bits per heavy atom. The molecule has 0 saturated carbocycles. The van der Waals surface area contributed by atoms with Gasteiger partial charge in [0.05, 0.1) is 5.82 Å². The summed E-state index contributed by atoms with van der Waals surface area (Å²) in [7, 11) is 1.71. The predicted molar refractivity (Wildman–Crippen MR) is 91.4 cm³/mol. The van der Waals surface area contributed by atoms with Gasteiger partial charge in [-0.25, -0.2) is 17.6 Å². The Bertz CT molecular complexity index is 1090. The number of nitrogens with zero attached hydrogens (tertiary/aromatic N) is 5. The molecule has 10 heteroatoms. The van der Waals surface area contributed by atoms with Crippen molar-refractivity contribution in [1.82, 2.24) is 24.5 Å². The van der Waals surface area contributed by atoms with Crippen LogP contribution < -0.4 is 0 Å². The van der Waals surface area contributed by atoms with Gasteiger partial charge in [0.1, 0.15) is 23.8 Å². The van der Waals surface area contributed by atoms with Crippen LogP contribution in [0.15, 0.2) is 48.9 Å². The van der Waals surface area contributed by atoms with E-state index >= 15 is 0 Å². The van der Waals surface area contributed by atoms with Gasteiger partial charge in [-0.05, 0) is 11.8 Å². The van der Waals surface area contributed by atoms with Gasteiger partial charge in [-0.15, -0.1) is 12.1 Å². The van der Waals surface area contributed by atoms with E-state index in [2.05, 4.69) is 32.1 Å². The van der Waals surface area contributed by atoms with Gasteiger partial charge in [0, 0.05) is 25.6 Å². The van der Waals surface area contributed by atoms with Crippen molar-refractivity contribution in [3.8, 4) is 22.6 Å². The Balaban J connectivity index is 0.000000200. The first-order chi connectivity index (χ1) is 13.5. The third-order valence-electron chi connectivity index (χ3n) is 3.46. The molecular weight excluding hydrogens is 569 g/mol. The molecule has 0 aliphatic carbocycles. The van der Waals surface area contributed by atoms with E-state index < -0.39 is 23.8 Å². The molecule has 0 fully saturated rings. The molecule has 0 aliphatic rings. The van der Waals surface area contributed by atoms with Gasteiger partial charge in [0.25, 0.3) is 0 Å². The second-order valence-corrected chi connectivity index (χ2v) is 5.35. The summed E-state index contributed by atoms with van der Waals surface area (Å²) in [5, 5.41) is 0. The van der Waals surface area contributed by atoms with E-state index in [1.54, 1.807) is 36.0 Å². The molecule has 0 spiro atoms. The summed E-state index contributed by atoms with van der Waals surface area (Å²) in [6, 6.07) is 11.9. The zero-order valence-electron chi connectivity index (χ0n) is 14.7. The van der Waals surface area contributed by atoms with Crippen molar-refractivity contribution in [2.24, 2.45) is 7.05 Å². The molecule has 4 heterocycles. The number of aryl methyl sites for hydroxylation is 1. The van der Waals surface area contributed by atoms with Crippen molar-refractivity contribution in [2.45, 2.75) is 0 Å². The second kappa shape index (κ2) is 10.0. The quantitative estimate of drug-likeness (QED) is 0.206. The zero-order chi connectivity index (χ0) is 20.1. The molecule has 0 aliphatic heterocycles. The normalized spacial score (nSPS) is 9.97. The Hall–Kier alpha value is -2.93. The smallest absolute Gasteiger partial charge is 0.373 e. The Kier molecular flexibility index (Phi) is 7.73. The van der Waals surface area contributed by atoms with Crippen LogP contribution in [0, 0.1) is 35.9 Å². The molecule has 5 nitrogen and oxygen atoms in total. The first-order valence-corrected chi connectivity index (χ1v) is 7.82. The maximum atomic E-state index is 13.2. The number of hydrogen-bond donors (Lipinski definition) is 0. The standard InChI is InChI=1S/C10H5F2N2.C9H6F2N3.Pt/c11-9-5-4-7(10(12)14-9)8-3-1-2-6-13-8;1-14-5-4-12-9(14)6-2-3-7(10)13-8(6)11;/h1-3,5-6H;3-5H,1H3;/q2*-1;+2. The molecule has 0 bridgehead atoms. The van der Waals surface area contributed by atoms with Crippen LogP contribution in [0.2, 0.25) is 0 Å². The van der Waals surface area contributed by atoms with E-state index in [1.165, 1.54) is 12.4 Å². The number of pyridine rings is 3. The van der Waals surface area contributed by atoms with Crippen molar-refractivity contribution in [3.05, 3.63) is 84.8 Å². The van der Waals surface area contributed by atoms with Crippen LogP contribution in [-0.4, -0.2) is 24.5 Å². The fourth-order valence-electron chi connectivity index (χ4n) is 2.20.